The molecule has 6 heteroatoms. The number of nitrogens with one attached hydrogen (secondary N) is 1. The third kappa shape index (κ3) is 3.53. The monoisotopic (exact) mass is 256 g/mol. The Balaban J connectivity index is 2.68. The predicted octanol–water partition coefficient (Wildman–Crippen LogP) is -0.0774. The molecule has 18 heavy (non-hydrogen) atoms. The predicted molar refractivity (Wildman–Crippen MR) is 64.6 cm³/mol. The van der Waals surface area contributed by atoms with Crippen LogP contribution in [-0.4, -0.2) is 48.9 Å². The molecule has 1 aliphatic rings. The summed E-state index contributed by atoms with van der Waals surface area (Å²) in [5.74, 6) is -0.909. The summed E-state index contributed by atoms with van der Waals surface area (Å²) in [7, 11) is 1.58. The van der Waals surface area contributed by atoms with Crippen molar-refractivity contribution in [2.24, 2.45) is 5.92 Å². The second kappa shape index (κ2) is 6.49. The highest BCUT2D eigenvalue weighted by atomic mass is 16.5. The summed E-state index contributed by atoms with van der Waals surface area (Å²) < 4.78 is 4.97. The average molecular weight is 256 g/mol. The van der Waals surface area contributed by atoms with Gasteiger partial charge in [0.1, 0.15) is 12.6 Å². The zero-order chi connectivity index (χ0) is 13.7. The molecule has 0 aromatic carbocycles. The number of imide groups is 1. The van der Waals surface area contributed by atoms with E-state index in [1.165, 1.54) is 4.90 Å². The number of carbonyl (C=O) groups excluding carboxylic acids is 3. The molecular weight excluding hydrogens is 236 g/mol. The Morgan fingerprint density at radius 3 is 2.78 bits per heavy atom. The van der Waals surface area contributed by atoms with Crippen LogP contribution < -0.4 is 5.32 Å². The van der Waals surface area contributed by atoms with Crippen molar-refractivity contribution in [1.29, 1.82) is 0 Å². The van der Waals surface area contributed by atoms with Crippen LogP contribution in [-0.2, 0) is 19.1 Å². The highest BCUT2D eigenvalue weighted by Crippen LogP contribution is 2.13. The number of ether oxygens (including phenoxy) is 1. The molecular formula is C12H20N2O4. The zero-order valence-corrected chi connectivity index (χ0v) is 11.1. The minimum Gasteiger partial charge on any atom is -0.384 e. The molecule has 0 radical (unpaired) electrons. The highest BCUT2D eigenvalue weighted by molar-refractivity contribution is 6.04. The fourth-order valence-electron chi connectivity index (χ4n) is 2.09. The Labute approximate surface area is 107 Å². The first-order valence-electron chi connectivity index (χ1n) is 6.11. The van der Waals surface area contributed by atoms with E-state index in [4.69, 9.17) is 4.74 Å². The maximum Gasteiger partial charge on any atom is 0.249 e. The van der Waals surface area contributed by atoms with Gasteiger partial charge in [0.25, 0.3) is 0 Å². The summed E-state index contributed by atoms with van der Waals surface area (Å²) in [6.07, 6.45) is 0.786. The van der Waals surface area contributed by atoms with Crippen molar-refractivity contribution in [1.82, 2.24) is 10.2 Å². The van der Waals surface area contributed by atoms with E-state index in [0.29, 0.717) is 13.0 Å². The first-order chi connectivity index (χ1) is 8.49. The first-order valence-corrected chi connectivity index (χ1v) is 6.11. The van der Waals surface area contributed by atoms with E-state index in [-0.39, 0.29) is 30.7 Å². The number of rotatable bonds is 5. The first kappa shape index (κ1) is 14.6. The van der Waals surface area contributed by atoms with Crippen LogP contribution in [0.4, 0.5) is 0 Å². The van der Waals surface area contributed by atoms with Crippen molar-refractivity contribution >= 4 is 17.7 Å². The second-order valence-electron chi connectivity index (χ2n) is 4.62. The second-order valence-corrected chi connectivity index (χ2v) is 4.62. The Bertz CT molecular complexity index is 343. The van der Waals surface area contributed by atoms with Crippen LogP contribution >= 0.6 is 0 Å². The number of piperazine rings is 1. The highest BCUT2D eigenvalue weighted by Gasteiger charge is 2.35. The fraction of sp³-hybridized carbons (Fsp3) is 0.750. The van der Waals surface area contributed by atoms with Crippen LogP contribution in [0.1, 0.15) is 26.7 Å². The lowest BCUT2D eigenvalue weighted by atomic mass is 10.0. The molecule has 0 aromatic rings. The lowest BCUT2D eigenvalue weighted by molar-refractivity contribution is -0.150. The third-order valence-corrected chi connectivity index (χ3v) is 2.94. The van der Waals surface area contributed by atoms with Gasteiger partial charge in [-0.1, -0.05) is 13.8 Å². The molecule has 1 saturated heterocycles. The van der Waals surface area contributed by atoms with Crippen molar-refractivity contribution in [3.8, 4) is 0 Å². The topological polar surface area (TPSA) is 75.7 Å². The van der Waals surface area contributed by atoms with Gasteiger partial charge in [-0.3, -0.25) is 19.7 Å². The molecule has 1 heterocycles. The van der Waals surface area contributed by atoms with Crippen LogP contribution in [0.3, 0.4) is 0 Å². The SMILES string of the molecule is CCC1C(=O)NC(=O)CN1C(=O)CC(C)COC. The van der Waals surface area contributed by atoms with E-state index in [9.17, 15) is 14.4 Å². The summed E-state index contributed by atoms with van der Waals surface area (Å²) in [6, 6.07) is -0.537. The van der Waals surface area contributed by atoms with Crippen LogP contribution in [0.15, 0.2) is 0 Å². The molecule has 102 valence electrons. The molecule has 0 aromatic heterocycles. The van der Waals surface area contributed by atoms with Gasteiger partial charge in [0.2, 0.25) is 17.7 Å². The molecule has 0 saturated carbocycles. The van der Waals surface area contributed by atoms with Gasteiger partial charge in [-0.15, -0.1) is 0 Å². The largest absolute Gasteiger partial charge is 0.384 e. The molecule has 0 bridgehead atoms. The van der Waals surface area contributed by atoms with E-state index < -0.39 is 11.9 Å². The van der Waals surface area contributed by atoms with Gasteiger partial charge in [-0.2, -0.15) is 0 Å². The summed E-state index contributed by atoms with van der Waals surface area (Å²) in [5.41, 5.74) is 0. The van der Waals surface area contributed by atoms with Crippen molar-refractivity contribution < 1.29 is 19.1 Å². The van der Waals surface area contributed by atoms with Gasteiger partial charge in [0.15, 0.2) is 0 Å². The Kier molecular flexibility index (Phi) is 5.27. The van der Waals surface area contributed by atoms with Crippen molar-refractivity contribution in [2.45, 2.75) is 32.7 Å². The molecule has 1 N–H and O–H groups in total. The number of nitrogens with zero attached hydrogens (tertiary/aromatic N) is 1. The Morgan fingerprint density at radius 1 is 1.56 bits per heavy atom. The number of carbonyl (C=O) groups is 3. The summed E-state index contributed by atoms with van der Waals surface area (Å²) >= 11 is 0. The molecule has 2 atom stereocenters. The van der Waals surface area contributed by atoms with Crippen LogP contribution in [0.25, 0.3) is 0 Å². The summed E-state index contributed by atoms with van der Waals surface area (Å²) in [6.45, 7) is 4.16. The van der Waals surface area contributed by atoms with E-state index in [1.807, 2.05) is 13.8 Å². The quantitative estimate of drug-likeness (QED) is 0.698. The number of methoxy groups -OCH3 is 1. The molecule has 1 aliphatic heterocycles. The molecule has 1 rings (SSSR count). The van der Waals surface area contributed by atoms with Crippen molar-refractivity contribution in [3.05, 3.63) is 0 Å². The van der Waals surface area contributed by atoms with Crippen molar-refractivity contribution in [2.75, 3.05) is 20.3 Å². The van der Waals surface area contributed by atoms with Crippen LogP contribution in [0.5, 0.6) is 0 Å². The molecule has 6 nitrogen and oxygen atoms in total. The van der Waals surface area contributed by atoms with Gasteiger partial charge >= 0.3 is 0 Å². The smallest absolute Gasteiger partial charge is 0.249 e. The zero-order valence-electron chi connectivity index (χ0n) is 11.1. The van der Waals surface area contributed by atoms with Gasteiger partial charge in [-0.25, -0.2) is 0 Å². The van der Waals surface area contributed by atoms with Gasteiger partial charge in [0, 0.05) is 20.1 Å². The van der Waals surface area contributed by atoms with Gasteiger partial charge in [-0.05, 0) is 12.3 Å². The van der Waals surface area contributed by atoms with Gasteiger partial charge in [0.05, 0.1) is 0 Å². The van der Waals surface area contributed by atoms with E-state index in [1.54, 1.807) is 7.11 Å². The van der Waals surface area contributed by atoms with E-state index in [2.05, 4.69) is 5.32 Å². The standard InChI is InChI=1S/C12H20N2O4/c1-4-9-12(17)13-10(15)6-14(9)11(16)5-8(2)7-18-3/h8-9H,4-7H2,1-3H3,(H,13,15,17). The Hall–Kier alpha value is -1.43. The molecule has 0 aliphatic carbocycles. The minimum absolute atomic E-state index is 0.0389. The molecule has 3 amide bonds. The van der Waals surface area contributed by atoms with E-state index >= 15 is 0 Å². The maximum absolute atomic E-state index is 12.1. The number of amides is 3. The molecule has 2 unspecified atom stereocenters. The summed E-state index contributed by atoms with van der Waals surface area (Å²) in [5, 5.41) is 2.25. The average Bonchev–Trinajstić information content (AvgIpc) is 2.28. The van der Waals surface area contributed by atoms with Crippen LogP contribution in [0.2, 0.25) is 0 Å². The summed E-state index contributed by atoms with van der Waals surface area (Å²) in [4.78, 5) is 36.4. The lowest BCUT2D eigenvalue weighted by Gasteiger charge is -2.34. The van der Waals surface area contributed by atoms with Crippen LogP contribution in [0, 0.1) is 5.92 Å². The lowest BCUT2D eigenvalue weighted by Crippen LogP contribution is -2.59. The van der Waals surface area contributed by atoms with E-state index in [0.717, 1.165) is 0 Å². The maximum atomic E-state index is 12.1. The molecule has 0 spiro atoms. The minimum atomic E-state index is -0.537. The normalized spacial score (nSPS) is 21.7. The number of hydrogen-bond donors (Lipinski definition) is 1. The third-order valence-electron chi connectivity index (χ3n) is 2.94. The molecule has 1 fully saturated rings. The fourth-order valence-corrected chi connectivity index (χ4v) is 2.09. The van der Waals surface area contributed by atoms with Gasteiger partial charge < -0.3 is 9.64 Å². The Morgan fingerprint density at radius 2 is 2.22 bits per heavy atom. The van der Waals surface area contributed by atoms with Crippen molar-refractivity contribution in [3.63, 3.8) is 0 Å². The number of hydrogen-bond acceptors (Lipinski definition) is 4.